The first kappa shape index (κ1) is 10.6. The van der Waals surface area contributed by atoms with Gasteiger partial charge < -0.3 is 4.74 Å². The number of hydrogen-bond acceptors (Lipinski definition) is 2. The van der Waals surface area contributed by atoms with Crippen LogP contribution in [0.5, 0.6) is 0 Å². The zero-order valence-electron chi connectivity index (χ0n) is 9.93. The van der Waals surface area contributed by atoms with Gasteiger partial charge in [0.1, 0.15) is 0 Å². The Balaban J connectivity index is 1.84. The molecule has 3 rings (SSSR count). The lowest BCUT2D eigenvalue weighted by molar-refractivity contribution is -0.136. The minimum Gasteiger partial charge on any atom is -0.466 e. The minimum atomic E-state index is -0.135. The van der Waals surface area contributed by atoms with Gasteiger partial charge in [-0.2, -0.15) is 0 Å². The van der Waals surface area contributed by atoms with Crippen molar-refractivity contribution in [3.05, 3.63) is 47.5 Å². The molecule has 0 aromatic heterocycles. The van der Waals surface area contributed by atoms with Gasteiger partial charge in [0.2, 0.25) is 0 Å². The average molecular weight is 228 g/mol. The van der Waals surface area contributed by atoms with Crippen LogP contribution in [-0.4, -0.2) is 13.1 Å². The molecule has 0 spiro atoms. The normalized spacial score (nSPS) is 30.2. The van der Waals surface area contributed by atoms with Crippen LogP contribution >= 0.6 is 0 Å². The number of allylic oxidation sites excluding steroid dienone is 1. The molecule has 2 nitrogen and oxygen atoms in total. The second-order valence-electron chi connectivity index (χ2n) is 4.96. The van der Waals surface area contributed by atoms with Crippen LogP contribution in [0.3, 0.4) is 0 Å². The molecule has 2 bridgehead atoms. The summed E-state index contributed by atoms with van der Waals surface area (Å²) in [5.74, 6) is 1.40. The summed E-state index contributed by atoms with van der Waals surface area (Å²) in [6, 6.07) is 10.6. The van der Waals surface area contributed by atoms with Gasteiger partial charge in [-0.05, 0) is 36.2 Å². The Kier molecular flexibility index (Phi) is 2.50. The Labute approximate surface area is 101 Å². The number of benzene rings is 1. The fourth-order valence-electron chi connectivity index (χ4n) is 3.31. The molecule has 2 heteroatoms. The van der Waals surface area contributed by atoms with Crippen LogP contribution in [0.4, 0.5) is 0 Å². The lowest BCUT2D eigenvalue weighted by atomic mass is 9.84. The summed E-state index contributed by atoms with van der Waals surface area (Å²) in [5, 5.41) is 0. The van der Waals surface area contributed by atoms with Gasteiger partial charge in [-0.1, -0.05) is 36.4 Å². The predicted octanol–water partition coefficient (Wildman–Crippen LogP) is 2.91. The number of fused-ring (bicyclic) bond motifs is 2. The smallest absolute Gasteiger partial charge is 0.333 e. The number of esters is 1. The van der Waals surface area contributed by atoms with Crippen molar-refractivity contribution < 1.29 is 9.53 Å². The third-order valence-electron chi connectivity index (χ3n) is 4.09. The Bertz CT molecular complexity index is 461. The molecule has 1 aromatic rings. The van der Waals surface area contributed by atoms with Crippen molar-refractivity contribution in [1.82, 2.24) is 0 Å². The summed E-state index contributed by atoms with van der Waals surface area (Å²) in [7, 11) is 1.46. The van der Waals surface area contributed by atoms with Gasteiger partial charge in [0.25, 0.3) is 0 Å². The first-order chi connectivity index (χ1) is 8.29. The summed E-state index contributed by atoms with van der Waals surface area (Å²) in [6.45, 7) is 0. The zero-order chi connectivity index (χ0) is 11.8. The molecule has 1 aromatic carbocycles. The quantitative estimate of drug-likeness (QED) is 0.727. The first-order valence-electron chi connectivity index (χ1n) is 6.14. The highest BCUT2D eigenvalue weighted by Crippen LogP contribution is 2.52. The van der Waals surface area contributed by atoms with E-state index >= 15 is 0 Å². The summed E-state index contributed by atoms with van der Waals surface area (Å²) in [6.07, 6.45) is 4.34. The number of carbonyl (C=O) groups is 1. The van der Waals surface area contributed by atoms with Crippen LogP contribution in [0, 0.1) is 11.8 Å². The van der Waals surface area contributed by atoms with Crippen molar-refractivity contribution in [3.8, 4) is 0 Å². The molecule has 0 heterocycles. The van der Waals surface area contributed by atoms with E-state index in [0.29, 0.717) is 17.8 Å². The maximum Gasteiger partial charge on any atom is 0.333 e. The maximum atomic E-state index is 11.6. The largest absolute Gasteiger partial charge is 0.466 e. The van der Waals surface area contributed by atoms with Crippen molar-refractivity contribution in [2.75, 3.05) is 7.11 Å². The second kappa shape index (κ2) is 4.02. The van der Waals surface area contributed by atoms with Gasteiger partial charge >= 0.3 is 5.97 Å². The number of rotatable bonds is 2. The van der Waals surface area contributed by atoms with Crippen LogP contribution in [0.15, 0.2) is 42.0 Å². The third-order valence-corrected chi connectivity index (χ3v) is 4.09. The lowest BCUT2D eigenvalue weighted by Gasteiger charge is -2.20. The van der Waals surface area contributed by atoms with Crippen molar-refractivity contribution in [3.63, 3.8) is 0 Å². The molecule has 0 unspecified atom stereocenters. The SMILES string of the molecule is COC(=O)C1=C[C@H]2C[C@@H]1C[C@@H]2c1ccccc1. The van der Waals surface area contributed by atoms with Crippen molar-refractivity contribution in [2.24, 2.45) is 11.8 Å². The molecule has 17 heavy (non-hydrogen) atoms. The second-order valence-corrected chi connectivity index (χ2v) is 4.96. The standard InChI is InChI=1S/C15H16O2/c1-17-15(16)14-9-11-7-12(14)8-13(11)10-5-3-2-4-6-10/h2-6,9,11-13H,7-8H2,1H3/t11-,12-,13-/m1/s1. The fraction of sp³-hybridized carbons (Fsp3) is 0.400. The minimum absolute atomic E-state index is 0.135. The van der Waals surface area contributed by atoms with Crippen LogP contribution in [0.1, 0.15) is 24.3 Å². The van der Waals surface area contributed by atoms with Crippen molar-refractivity contribution >= 4 is 5.97 Å². The van der Waals surface area contributed by atoms with E-state index in [2.05, 4.69) is 30.3 Å². The Hall–Kier alpha value is -1.57. The first-order valence-corrected chi connectivity index (χ1v) is 6.14. The third kappa shape index (κ3) is 1.68. The zero-order valence-corrected chi connectivity index (χ0v) is 9.93. The topological polar surface area (TPSA) is 26.3 Å². The molecular weight excluding hydrogens is 212 g/mol. The van der Waals surface area contributed by atoms with Crippen molar-refractivity contribution in [1.29, 1.82) is 0 Å². The molecule has 1 saturated carbocycles. The number of carbonyl (C=O) groups excluding carboxylic acids is 1. The van der Waals surface area contributed by atoms with Crippen molar-refractivity contribution in [2.45, 2.75) is 18.8 Å². The predicted molar refractivity (Wildman–Crippen MR) is 65.5 cm³/mol. The fourth-order valence-corrected chi connectivity index (χ4v) is 3.31. The summed E-state index contributed by atoms with van der Waals surface area (Å²) in [4.78, 5) is 11.6. The molecular formula is C15H16O2. The summed E-state index contributed by atoms with van der Waals surface area (Å²) < 4.78 is 4.82. The van der Waals surface area contributed by atoms with E-state index in [1.165, 1.54) is 12.7 Å². The van der Waals surface area contributed by atoms with E-state index in [1.807, 2.05) is 6.07 Å². The van der Waals surface area contributed by atoms with E-state index in [9.17, 15) is 4.79 Å². The highest BCUT2D eigenvalue weighted by atomic mass is 16.5. The molecule has 88 valence electrons. The van der Waals surface area contributed by atoms with E-state index in [-0.39, 0.29) is 5.97 Å². The van der Waals surface area contributed by atoms with Gasteiger partial charge in [0, 0.05) is 5.57 Å². The van der Waals surface area contributed by atoms with Gasteiger partial charge in [0.15, 0.2) is 0 Å². The highest BCUT2D eigenvalue weighted by Gasteiger charge is 2.43. The van der Waals surface area contributed by atoms with E-state index in [0.717, 1.165) is 18.4 Å². The molecule has 0 radical (unpaired) electrons. The van der Waals surface area contributed by atoms with Gasteiger partial charge in [-0.3, -0.25) is 0 Å². The lowest BCUT2D eigenvalue weighted by Crippen LogP contribution is -2.14. The molecule has 0 saturated heterocycles. The maximum absolute atomic E-state index is 11.6. The average Bonchev–Trinajstić information content (AvgIpc) is 2.98. The summed E-state index contributed by atoms with van der Waals surface area (Å²) >= 11 is 0. The van der Waals surface area contributed by atoms with Crippen LogP contribution in [0.25, 0.3) is 0 Å². The number of ether oxygens (including phenoxy) is 1. The Morgan fingerprint density at radius 1 is 1.24 bits per heavy atom. The summed E-state index contributed by atoms with van der Waals surface area (Å²) in [5.41, 5.74) is 2.31. The highest BCUT2D eigenvalue weighted by molar-refractivity contribution is 5.90. The molecule has 2 aliphatic carbocycles. The molecule has 0 N–H and O–H groups in total. The molecule has 0 aliphatic heterocycles. The van der Waals surface area contributed by atoms with Gasteiger partial charge in [0.05, 0.1) is 7.11 Å². The van der Waals surface area contributed by atoms with Gasteiger partial charge in [-0.15, -0.1) is 0 Å². The molecule has 2 aliphatic rings. The van der Waals surface area contributed by atoms with Crippen LogP contribution < -0.4 is 0 Å². The van der Waals surface area contributed by atoms with E-state index < -0.39 is 0 Å². The number of methoxy groups -OCH3 is 1. The number of hydrogen-bond donors (Lipinski definition) is 0. The Morgan fingerprint density at radius 3 is 2.59 bits per heavy atom. The molecule has 1 fully saturated rings. The van der Waals surface area contributed by atoms with Gasteiger partial charge in [-0.25, -0.2) is 4.79 Å². The monoisotopic (exact) mass is 228 g/mol. The van der Waals surface area contributed by atoms with Crippen LogP contribution in [-0.2, 0) is 9.53 Å². The molecule has 0 amide bonds. The Morgan fingerprint density at radius 2 is 2.00 bits per heavy atom. The van der Waals surface area contributed by atoms with E-state index in [4.69, 9.17) is 4.74 Å². The van der Waals surface area contributed by atoms with E-state index in [1.54, 1.807) is 0 Å². The van der Waals surface area contributed by atoms with Crippen LogP contribution in [0.2, 0.25) is 0 Å². The molecule has 3 atom stereocenters.